The number of aromatic nitrogens is 2. The second kappa shape index (κ2) is 7.82. The van der Waals surface area contributed by atoms with E-state index in [1.165, 1.54) is 0 Å². The first-order chi connectivity index (χ1) is 12.8. The molecule has 2 heterocycles. The molecule has 1 N–H and O–H groups in total. The van der Waals surface area contributed by atoms with Crippen molar-refractivity contribution in [2.45, 2.75) is 27.3 Å². The molecule has 0 aliphatic carbocycles. The molecule has 7 heteroatoms. The average molecular weight is 369 g/mol. The Hall–Kier alpha value is -2.83. The molecule has 0 saturated carbocycles. The van der Waals surface area contributed by atoms with Crippen molar-refractivity contribution in [2.24, 2.45) is 5.41 Å². The Morgan fingerprint density at radius 1 is 1.04 bits per heavy atom. The smallest absolute Gasteiger partial charge is 0.317 e. The number of hydrogen-bond acceptors (Lipinski definition) is 3. The van der Waals surface area contributed by atoms with E-state index in [2.05, 4.69) is 10.3 Å². The van der Waals surface area contributed by atoms with Gasteiger partial charge in [-0.15, -0.1) is 0 Å². The van der Waals surface area contributed by atoms with E-state index in [1.54, 1.807) is 17.4 Å². The van der Waals surface area contributed by atoms with Crippen LogP contribution in [0.4, 0.5) is 4.79 Å². The van der Waals surface area contributed by atoms with E-state index in [9.17, 15) is 9.59 Å². The van der Waals surface area contributed by atoms with Crippen LogP contribution in [0.5, 0.6) is 0 Å². The fourth-order valence-electron chi connectivity index (χ4n) is 3.07. The molecule has 144 valence electrons. The summed E-state index contributed by atoms with van der Waals surface area (Å²) in [5.41, 5.74) is 1.68. The van der Waals surface area contributed by atoms with Gasteiger partial charge in [-0.2, -0.15) is 0 Å². The molecule has 2 aromatic rings. The zero-order valence-corrected chi connectivity index (χ0v) is 16.2. The van der Waals surface area contributed by atoms with Crippen molar-refractivity contribution in [2.75, 3.05) is 26.2 Å². The van der Waals surface area contributed by atoms with Crippen LogP contribution in [0.3, 0.4) is 0 Å². The number of benzene rings is 1. The molecule has 0 spiro atoms. The minimum absolute atomic E-state index is 0.0865. The first-order valence-corrected chi connectivity index (χ1v) is 9.24. The Bertz CT molecular complexity index is 770. The maximum absolute atomic E-state index is 12.4. The van der Waals surface area contributed by atoms with Crippen LogP contribution in [0.2, 0.25) is 0 Å². The standard InChI is InChI=1S/C20H27N5O2/c1-20(2,3)18(26)23-10-12-24(13-11-23)19(27)22-14-16-4-6-17(7-5-16)25-9-8-21-15-25/h4-9,15H,10-14H2,1-3H3,(H,22,27). The maximum Gasteiger partial charge on any atom is 0.317 e. The van der Waals surface area contributed by atoms with Crippen molar-refractivity contribution < 1.29 is 9.59 Å². The molecule has 0 atom stereocenters. The van der Waals surface area contributed by atoms with Gasteiger partial charge in [0.1, 0.15) is 0 Å². The van der Waals surface area contributed by atoms with E-state index < -0.39 is 0 Å². The molecule has 1 saturated heterocycles. The summed E-state index contributed by atoms with van der Waals surface area (Å²) in [6.07, 6.45) is 5.38. The van der Waals surface area contributed by atoms with Gasteiger partial charge in [0.05, 0.1) is 6.33 Å². The highest BCUT2D eigenvalue weighted by molar-refractivity contribution is 5.82. The molecule has 1 aromatic carbocycles. The van der Waals surface area contributed by atoms with Crippen molar-refractivity contribution >= 4 is 11.9 Å². The topological polar surface area (TPSA) is 70.5 Å². The van der Waals surface area contributed by atoms with Crippen LogP contribution in [0.1, 0.15) is 26.3 Å². The fraction of sp³-hybridized carbons (Fsp3) is 0.450. The van der Waals surface area contributed by atoms with Gasteiger partial charge in [0.25, 0.3) is 0 Å². The van der Waals surface area contributed by atoms with E-state index in [0.29, 0.717) is 32.7 Å². The highest BCUT2D eigenvalue weighted by Gasteiger charge is 2.30. The lowest BCUT2D eigenvalue weighted by molar-refractivity contribution is -0.140. The van der Waals surface area contributed by atoms with Crippen molar-refractivity contribution in [1.82, 2.24) is 24.7 Å². The molecule has 1 aliphatic rings. The van der Waals surface area contributed by atoms with Crippen LogP contribution < -0.4 is 5.32 Å². The Balaban J connectivity index is 1.47. The summed E-state index contributed by atoms with van der Waals surface area (Å²) in [7, 11) is 0. The van der Waals surface area contributed by atoms with Gasteiger partial charge in [-0.1, -0.05) is 32.9 Å². The molecule has 1 aliphatic heterocycles. The van der Waals surface area contributed by atoms with Crippen LogP contribution in [0.25, 0.3) is 5.69 Å². The monoisotopic (exact) mass is 369 g/mol. The minimum atomic E-state index is -0.382. The average Bonchev–Trinajstić information content (AvgIpc) is 3.20. The second-order valence-electron chi connectivity index (χ2n) is 7.82. The zero-order valence-electron chi connectivity index (χ0n) is 16.2. The third kappa shape index (κ3) is 4.67. The van der Waals surface area contributed by atoms with Crippen LogP contribution >= 0.6 is 0 Å². The number of hydrogen-bond donors (Lipinski definition) is 1. The lowest BCUT2D eigenvalue weighted by atomic mass is 9.94. The zero-order chi connectivity index (χ0) is 19.4. The summed E-state index contributed by atoms with van der Waals surface area (Å²) >= 11 is 0. The predicted octanol–water partition coefficient (Wildman–Crippen LogP) is 2.27. The van der Waals surface area contributed by atoms with Gasteiger partial charge in [-0.3, -0.25) is 4.79 Å². The molecule has 3 rings (SSSR count). The lowest BCUT2D eigenvalue weighted by Gasteiger charge is -2.37. The number of nitrogens with one attached hydrogen (secondary N) is 1. The minimum Gasteiger partial charge on any atom is -0.339 e. The summed E-state index contributed by atoms with van der Waals surface area (Å²) < 4.78 is 1.93. The highest BCUT2D eigenvalue weighted by Crippen LogP contribution is 2.18. The summed E-state index contributed by atoms with van der Waals surface area (Å²) in [6, 6.07) is 7.90. The van der Waals surface area contributed by atoms with Crippen LogP contribution in [-0.2, 0) is 11.3 Å². The van der Waals surface area contributed by atoms with Crippen molar-refractivity contribution in [1.29, 1.82) is 0 Å². The van der Waals surface area contributed by atoms with Crippen molar-refractivity contribution in [3.8, 4) is 5.69 Å². The molecule has 27 heavy (non-hydrogen) atoms. The molecule has 0 unspecified atom stereocenters. The summed E-state index contributed by atoms with van der Waals surface area (Å²) in [4.78, 5) is 32.4. The molecule has 7 nitrogen and oxygen atoms in total. The molecule has 1 fully saturated rings. The van der Waals surface area contributed by atoms with E-state index >= 15 is 0 Å². The van der Waals surface area contributed by atoms with E-state index in [1.807, 2.05) is 60.7 Å². The number of rotatable bonds is 3. The summed E-state index contributed by atoms with van der Waals surface area (Å²) in [5, 5.41) is 2.96. The number of piperazine rings is 1. The van der Waals surface area contributed by atoms with E-state index in [4.69, 9.17) is 0 Å². The third-order valence-electron chi connectivity index (χ3n) is 4.68. The number of carbonyl (C=O) groups excluding carboxylic acids is 2. The first kappa shape index (κ1) is 18.9. The van der Waals surface area contributed by atoms with Gasteiger partial charge in [0.2, 0.25) is 5.91 Å². The maximum atomic E-state index is 12.4. The molecule has 3 amide bonds. The molecule has 1 aromatic heterocycles. The lowest BCUT2D eigenvalue weighted by Crippen LogP contribution is -2.54. The van der Waals surface area contributed by atoms with Crippen LogP contribution in [-0.4, -0.2) is 57.5 Å². The molecule has 0 radical (unpaired) electrons. The SMILES string of the molecule is CC(C)(C)C(=O)N1CCN(C(=O)NCc2ccc(-n3ccnc3)cc2)CC1. The van der Waals surface area contributed by atoms with Gasteiger partial charge in [0.15, 0.2) is 0 Å². The van der Waals surface area contributed by atoms with Gasteiger partial charge < -0.3 is 19.7 Å². The molecular formula is C20H27N5O2. The molecular weight excluding hydrogens is 342 g/mol. The van der Waals surface area contributed by atoms with Gasteiger partial charge in [0, 0.05) is 56.2 Å². The fourth-order valence-corrected chi connectivity index (χ4v) is 3.07. The first-order valence-electron chi connectivity index (χ1n) is 9.24. The van der Waals surface area contributed by atoms with E-state index in [-0.39, 0.29) is 17.4 Å². The second-order valence-corrected chi connectivity index (χ2v) is 7.82. The van der Waals surface area contributed by atoms with Gasteiger partial charge >= 0.3 is 6.03 Å². The number of nitrogens with zero attached hydrogens (tertiary/aromatic N) is 4. The van der Waals surface area contributed by atoms with Crippen molar-refractivity contribution in [3.05, 3.63) is 48.5 Å². The number of amides is 3. The van der Waals surface area contributed by atoms with Gasteiger partial charge in [-0.05, 0) is 17.7 Å². The van der Waals surface area contributed by atoms with Crippen LogP contribution in [0, 0.1) is 5.41 Å². The Morgan fingerprint density at radius 2 is 1.67 bits per heavy atom. The normalized spacial score (nSPS) is 14.9. The predicted molar refractivity (Wildman–Crippen MR) is 103 cm³/mol. The van der Waals surface area contributed by atoms with Crippen LogP contribution in [0.15, 0.2) is 43.0 Å². The summed E-state index contributed by atoms with van der Waals surface area (Å²) in [6.45, 7) is 8.54. The largest absolute Gasteiger partial charge is 0.339 e. The highest BCUT2D eigenvalue weighted by atomic mass is 16.2. The van der Waals surface area contributed by atoms with Gasteiger partial charge in [-0.25, -0.2) is 9.78 Å². The Morgan fingerprint density at radius 3 is 2.22 bits per heavy atom. The number of carbonyl (C=O) groups is 2. The third-order valence-corrected chi connectivity index (χ3v) is 4.68. The number of urea groups is 1. The number of imidazole rings is 1. The Labute approximate surface area is 160 Å². The van der Waals surface area contributed by atoms with Crippen molar-refractivity contribution in [3.63, 3.8) is 0 Å². The Kier molecular flexibility index (Phi) is 5.48. The quantitative estimate of drug-likeness (QED) is 0.902. The molecule has 0 bridgehead atoms. The van der Waals surface area contributed by atoms with E-state index in [0.717, 1.165) is 11.3 Å². The summed E-state index contributed by atoms with van der Waals surface area (Å²) in [5.74, 6) is 0.139.